The van der Waals surface area contributed by atoms with Crippen molar-refractivity contribution in [3.8, 4) is 0 Å². The predicted molar refractivity (Wildman–Crippen MR) is 104 cm³/mol. The molecule has 0 unspecified atom stereocenters. The number of rotatable bonds is 7. The highest BCUT2D eigenvalue weighted by Gasteiger charge is 2.19. The summed E-state index contributed by atoms with van der Waals surface area (Å²) in [6.07, 6.45) is 5.25. The number of hydrogen-bond acceptors (Lipinski definition) is 3. The third kappa shape index (κ3) is 5.37. The van der Waals surface area contributed by atoms with E-state index in [0.29, 0.717) is 24.7 Å². The van der Waals surface area contributed by atoms with Crippen molar-refractivity contribution >= 4 is 17.6 Å². The second kappa shape index (κ2) is 8.77. The Balaban J connectivity index is 1.77. The molecule has 7 heteroatoms. The Morgan fingerprint density at radius 1 is 1.30 bits per heavy atom. The molecular weight excluding hydrogens is 364 g/mol. The first-order chi connectivity index (χ1) is 13.0. The first-order valence-corrected chi connectivity index (χ1v) is 9.21. The molecule has 0 atom stereocenters. The van der Waals surface area contributed by atoms with Crippen LogP contribution in [-0.4, -0.2) is 26.5 Å². The minimum Gasteiger partial charge on any atom is -0.467 e. The maximum Gasteiger partial charge on any atom is 0.318 e. The molecule has 0 bridgehead atoms. The van der Waals surface area contributed by atoms with E-state index in [0.717, 1.165) is 17.1 Å². The van der Waals surface area contributed by atoms with Crippen LogP contribution in [0.2, 0.25) is 5.02 Å². The lowest BCUT2D eigenvalue weighted by Gasteiger charge is -2.23. The molecule has 3 rings (SSSR count). The van der Waals surface area contributed by atoms with Crippen LogP contribution in [0.25, 0.3) is 0 Å². The summed E-state index contributed by atoms with van der Waals surface area (Å²) in [7, 11) is 0. The Hall–Kier alpha value is -2.73. The lowest BCUT2D eigenvalue weighted by Crippen LogP contribution is -2.42. The first kappa shape index (κ1) is 19.0. The number of furan rings is 1. The number of aromatic nitrogens is 2. The smallest absolute Gasteiger partial charge is 0.318 e. The van der Waals surface area contributed by atoms with E-state index in [2.05, 4.69) is 10.3 Å². The van der Waals surface area contributed by atoms with Gasteiger partial charge in [-0.05, 0) is 43.7 Å². The number of benzene rings is 1. The molecular formula is C20H23ClN4O2. The second-order valence-electron chi connectivity index (χ2n) is 6.64. The summed E-state index contributed by atoms with van der Waals surface area (Å²) in [5.41, 5.74) is 1.07. The van der Waals surface area contributed by atoms with Crippen molar-refractivity contribution in [2.45, 2.75) is 39.5 Å². The fourth-order valence-electron chi connectivity index (χ4n) is 2.77. The molecule has 0 saturated heterocycles. The maximum absolute atomic E-state index is 12.6. The molecule has 2 heterocycles. The van der Waals surface area contributed by atoms with Crippen LogP contribution in [0, 0.1) is 0 Å². The molecule has 1 aromatic carbocycles. The van der Waals surface area contributed by atoms with Crippen molar-refractivity contribution in [1.29, 1.82) is 0 Å². The largest absolute Gasteiger partial charge is 0.467 e. The van der Waals surface area contributed by atoms with Crippen LogP contribution in [0.5, 0.6) is 0 Å². The SMILES string of the molecule is CC(C)NC(=O)N(Cc1ccco1)Cc1nccn1Cc1cccc(Cl)c1. The van der Waals surface area contributed by atoms with E-state index in [4.69, 9.17) is 16.0 Å². The summed E-state index contributed by atoms with van der Waals surface area (Å²) in [5.74, 6) is 1.52. The third-order valence-corrected chi connectivity index (χ3v) is 4.24. The monoisotopic (exact) mass is 386 g/mol. The minimum absolute atomic E-state index is 0.0443. The molecule has 6 nitrogen and oxygen atoms in total. The predicted octanol–water partition coefficient (Wildman–Crippen LogP) is 4.30. The van der Waals surface area contributed by atoms with Gasteiger partial charge in [0, 0.05) is 30.0 Å². The highest BCUT2D eigenvalue weighted by molar-refractivity contribution is 6.30. The van der Waals surface area contributed by atoms with Crippen LogP contribution < -0.4 is 5.32 Å². The molecule has 3 aromatic rings. The van der Waals surface area contributed by atoms with E-state index in [1.807, 2.05) is 61.0 Å². The molecule has 27 heavy (non-hydrogen) atoms. The maximum atomic E-state index is 12.6. The van der Waals surface area contributed by atoms with Crippen molar-refractivity contribution in [2.24, 2.45) is 0 Å². The molecule has 0 saturated carbocycles. The van der Waals surface area contributed by atoms with Gasteiger partial charge in [-0.3, -0.25) is 0 Å². The lowest BCUT2D eigenvalue weighted by molar-refractivity contribution is 0.182. The quantitative estimate of drug-likeness (QED) is 0.658. The molecule has 2 amide bonds. The Morgan fingerprint density at radius 3 is 2.85 bits per heavy atom. The minimum atomic E-state index is -0.154. The second-order valence-corrected chi connectivity index (χ2v) is 7.08. The highest BCUT2D eigenvalue weighted by Crippen LogP contribution is 2.15. The van der Waals surface area contributed by atoms with Crippen LogP contribution in [0.15, 0.2) is 59.5 Å². The molecule has 0 radical (unpaired) electrons. The Labute approximate surface area is 163 Å². The van der Waals surface area contributed by atoms with Crippen LogP contribution >= 0.6 is 11.6 Å². The van der Waals surface area contributed by atoms with Crippen molar-refractivity contribution < 1.29 is 9.21 Å². The van der Waals surface area contributed by atoms with E-state index in [1.165, 1.54) is 0 Å². The van der Waals surface area contributed by atoms with Gasteiger partial charge in [0.1, 0.15) is 11.6 Å². The van der Waals surface area contributed by atoms with Gasteiger partial charge in [-0.1, -0.05) is 23.7 Å². The highest BCUT2D eigenvalue weighted by atomic mass is 35.5. The number of halogens is 1. The third-order valence-electron chi connectivity index (χ3n) is 4.00. The van der Waals surface area contributed by atoms with Crippen LogP contribution in [0.4, 0.5) is 4.79 Å². The number of amides is 2. The normalized spacial score (nSPS) is 11.0. The van der Waals surface area contributed by atoms with Crippen molar-refractivity contribution in [1.82, 2.24) is 19.8 Å². The van der Waals surface area contributed by atoms with Crippen molar-refractivity contribution in [2.75, 3.05) is 0 Å². The Bertz CT molecular complexity index is 874. The molecule has 2 aromatic heterocycles. The molecule has 0 spiro atoms. The van der Waals surface area contributed by atoms with Gasteiger partial charge < -0.3 is 19.2 Å². The summed E-state index contributed by atoms with van der Waals surface area (Å²) in [6.45, 7) is 5.24. The van der Waals surface area contributed by atoms with Gasteiger partial charge in [0.2, 0.25) is 0 Å². The van der Waals surface area contributed by atoms with Crippen LogP contribution in [-0.2, 0) is 19.6 Å². The standard InChI is InChI=1S/C20H23ClN4O2/c1-15(2)23-20(26)25(13-18-7-4-10-27-18)14-19-22-8-9-24(19)12-16-5-3-6-17(21)11-16/h3-11,15H,12-14H2,1-2H3,(H,23,26). The van der Waals surface area contributed by atoms with E-state index in [-0.39, 0.29) is 12.1 Å². The fraction of sp³-hybridized carbons (Fsp3) is 0.300. The summed E-state index contributed by atoms with van der Waals surface area (Å²) < 4.78 is 7.43. The molecule has 0 aliphatic rings. The Morgan fingerprint density at radius 2 is 2.15 bits per heavy atom. The fourth-order valence-corrected chi connectivity index (χ4v) is 2.98. The Kier molecular flexibility index (Phi) is 6.19. The lowest BCUT2D eigenvalue weighted by atomic mass is 10.2. The summed E-state index contributed by atoms with van der Waals surface area (Å²) in [5, 5.41) is 3.63. The van der Waals surface area contributed by atoms with Crippen LogP contribution in [0.1, 0.15) is 31.0 Å². The number of carbonyl (C=O) groups excluding carboxylic acids is 1. The number of nitrogens with zero attached hydrogens (tertiary/aromatic N) is 3. The van der Waals surface area contributed by atoms with Gasteiger partial charge in [-0.2, -0.15) is 0 Å². The zero-order chi connectivity index (χ0) is 19.2. The van der Waals surface area contributed by atoms with Gasteiger partial charge in [0.15, 0.2) is 0 Å². The van der Waals surface area contributed by atoms with Crippen molar-refractivity contribution in [3.63, 3.8) is 0 Å². The molecule has 0 fully saturated rings. The summed E-state index contributed by atoms with van der Waals surface area (Å²) in [4.78, 5) is 18.8. The van der Waals surface area contributed by atoms with E-state index >= 15 is 0 Å². The zero-order valence-corrected chi connectivity index (χ0v) is 16.2. The van der Waals surface area contributed by atoms with Gasteiger partial charge in [0.25, 0.3) is 0 Å². The summed E-state index contributed by atoms with van der Waals surface area (Å²) >= 11 is 6.08. The topological polar surface area (TPSA) is 63.3 Å². The zero-order valence-electron chi connectivity index (χ0n) is 15.4. The van der Waals surface area contributed by atoms with Gasteiger partial charge in [-0.25, -0.2) is 9.78 Å². The number of carbonyl (C=O) groups is 1. The molecule has 142 valence electrons. The van der Waals surface area contributed by atoms with E-state index in [9.17, 15) is 4.79 Å². The number of urea groups is 1. The van der Waals surface area contributed by atoms with Gasteiger partial charge in [-0.15, -0.1) is 0 Å². The molecule has 0 aliphatic carbocycles. The molecule has 0 aliphatic heterocycles. The van der Waals surface area contributed by atoms with E-state index in [1.54, 1.807) is 17.4 Å². The van der Waals surface area contributed by atoms with Crippen LogP contribution in [0.3, 0.4) is 0 Å². The summed E-state index contributed by atoms with van der Waals surface area (Å²) in [6, 6.07) is 11.3. The average molecular weight is 387 g/mol. The number of imidazole rings is 1. The number of nitrogens with one attached hydrogen (secondary N) is 1. The van der Waals surface area contributed by atoms with E-state index < -0.39 is 0 Å². The van der Waals surface area contributed by atoms with Gasteiger partial charge >= 0.3 is 6.03 Å². The average Bonchev–Trinajstić information content (AvgIpc) is 3.26. The number of hydrogen-bond donors (Lipinski definition) is 1. The van der Waals surface area contributed by atoms with Crippen molar-refractivity contribution in [3.05, 3.63) is 77.2 Å². The first-order valence-electron chi connectivity index (χ1n) is 8.83. The van der Waals surface area contributed by atoms with Gasteiger partial charge in [0.05, 0.1) is 19.4 Å². The molecule has 1 N–H and O–H groups in total.